The van der Waals surface area contributed by atoms with E-state index in [-0.39, 0.29) is 0 Å². The molecule has 0 aromatic heterocycles. The first-order valence-corrected chi connectivity index (χ1v) is 3.95. The first-order chi connectivity index (χ1) is 2.81. The van der Waals surface area contributed by atoms with Gasteiger partial charge in [0, 0.05) is 5.75 Å². The molecule has 0 saturated carbocycles. The van der Waals surface area contributed by atoms with E-state index in [1.165, 1.54) is 0 Å². The maximum Gasteiger partial charge on any atom is 0.0839 e. The van der Waals surface area contributed by atoms with Crippen molar-refractivity contribution in [2.24, 2.45) is 5.14 Å². The first-order valence-electron chi connectivity index (χ1n) is 1.79. The second kappa shape index (κ2) is 1.29. The van der Waals surface area contributed by atoms with Gasteiger partial charge in [0.1, 0.15) is 0 Å². The lowest BCUT2D eigenvalue weighted by molar-refractivity contribution is 0.593. The molecule has 0 aromatic rings. The fourth-order valence-corrected chi connectivity index (χ4v) is 0. The fourth-order valence-electron chi connectivity index (χ4n) is 0. The van der Waals surface area contributed by atoms with E-state index < -0.39 is 16.3 Å². The SMILES string of the molecule is CC[SH](N)(F)(F)F. The van der Waals surface area contributed by atoms with Crippen LogP contribution in [0.1, 0.15) is 6.92 Å². The van der Waals surface area contributed by atoms with Gasteiger partial charge in [-0.1, -0.05) is 6.92 Å². The van der Waals surface area contributed by atoms with Crippen LogP contribution >= 0.6 is 10.5 Å². The molecule has 0 saturated heterocycles. The normalized spacial score (nSPS) is 18.1. The van der Waals surface area contributed by atoms with Gasteiger partial charge in [-0.2, -0.15) is 0 Å². The minimum absolute atomic E-state index is 0.856. The van der Waals surface area contributed by atoms with Gasteiger partial charge in [-0.25, -0.2) is 5.14 Å². The Morgan fingerprint density at radius 2 is 1.57 bits per heavy atom. The molecule has 0 amide bonds. The van der Waals surface area contributed by atoms with Crippen LogP contribution in [0.4, 0.5) is 11.7 Å². The van der Waals surface area contributed by atoms with Crippen molar-refractivity contribution < 1.29 is 11.7 Å². The van der Waals surface area contributed by atoms with E-state index in [2.05, 4.69) is 5.14 Å². The zero-order chi connectivity index (χ0) is 6.15. The molecule has 0 radical (unpaired) electrons. The quantitative estimate of drug-likeness (QED) is 0.525. The van der Waals surface area contributed by atoms with Crippen molar-refractivity contribution in [1.29, 1.82) is 0 Å². The Kier molecular flexibility index (Phi) is 1.31. The molecule has 0 unspecified atom stereocenters. The van der Waals surface area contributed by atoms with Gasteiger partial charge in [-0.05, 0) is 0 Å². The Hall–Kier alpha value is 0.100. The van der Waals surface area contributed by atoms with Crippen LogP contribution in [0.2, 0.25) is 0 Å². The first kappa shape index (κ1) is 7.10. The van der Waals surface area contributed by atoms with Crippen molar-refractivity contribution >= 4 is 10.5 Å². The van der Waals surface area contributed by atoms with Crippen molar-refractivity contribution in [2.45, 2.75) is 6.92 Å². The second-order valence-electron chi connectivity index (χ2n) is 1.34. The van der Waals surface area contributed by atoms with Gasteiger partial charge in [-0.15, -0.1) is 11.7 Å². The Labute approximate surface area is 41.0 Å². The third kappa shape index (κ3) is 6.10. The summed E-state index contributed by atoms with van der Waals surface area (Å²) in [6.07, 6.45) is 0. The van der Waals surface area contributed by atoms with E-state index in [0.717, 1.165) is 6.92 Å². The molecule has 0 fully saturated rings. The van der Waals surface area contributed by atoms with E-state index in [1.807, 2.05) is 0 Å². The van der Waals surface area contributed by atoms with E-state index in [4.69, 9.17) is 0 Å². The number of nitrogens with two attached hydrogens (primary N) is 1. The summed E-state index contributed by atoms with van der Waals surface area (Å²) in [4.78, 5) is 0. The van der Waals surface area contributed by atoms with Gasteiger partial charge >= 0.3 is 0 Å². The second-order valence-corrected chi connectivity index (χ2v) is 4.03. The summed E-state index contributed by atoms with van der Waals surface area (Å²) in [6, 6.07) is 0. The third-order valence-corrected chi connectivity index (χ3v) is 1.62. The molecule has 5 heteroatoms. The molecule has 0 bridgehead atoms. The van der Waals surface area contributed by atoms with Crippen LogP contribution in [0, 0.1) is 0 Å². The molecular formula is C2H8F3NS. The van der Waals surface area contributed by atoms with Crippen LogP contribution in [0.25, 0.3) is 0 Å². The molecule has 0 spiro atoms. The van der Waals surface area contributed by atoms with Crippen LogP contribution in [0.3, 0.4) is 0 Å². The van der Waals surface area contributed by atoms with Crippen molar-refractivity contribution in [3.8, 4) is 0 Å². The molecule has 0 rings (SSSR count). The van der Waals surface area contributed by atoms with Crippen LogP contribution in [-0.2, 0) is 0 Å². The molecule has 2 N–H and O–H groups in total. The Morgan fingerprint density at radius 1 is 1.43 bits per heavy atom. The standard InChI is InChI=1S/C2H8F3NS/c1-2-7(3,4,5)6/h7H,2,6H2,1H3. The average molecular weight is 135 g/mol. The zero-order valence-corrected chi connectivity index (χ0v) is 4.76. The molecule has 0 aromatic carbocycles. The molecule has 48 valence electrons. The summed E-state index contributed by atoms with van der Waals surface area (Å²) in [5.41, 5.74) is 0. The highest BCUT2D eigenvalue weighted by Gasteiger charge is 2.28. The summed E-state index contributed by atoms with van der Waals surface area (Å²) in [6.45, 7) is 1.03. The summed E-state index contributed by atoms with van der Waals surface area (Å²) >= 11 is 0. The molecule has 0 aliphatic heterocycles. The highest BCUT2D eigenvalue weighted by molar-refractivity contribution is 8.35. The lowest BCUT2D eigenvalue weighted by atomic mass is 11.0. The van der Waals surface area contributed by atoms with Crippen LogP contribution in [0.5, 0.6) is 0 Å². The molecule has 7 heavy (non-hydrogen) atoms. The minimum Gasteiger partial charge on any atom is -0.246 e. The van der Waals surface area contributed by atoms with Gasteiger partial charge < -0.3 is 0 Å². The van der Waals surface area contributed by atoms with Crippen LogP contribution in [0.15, 0.2) is 0 Å². The monoisotopic (exact) mass is 135 g/mol. The lowest BCUT2D eigenvalue weighted by Gasteiger charge is -2.31. The fraction of sp³-hybridized carbons (Fsp3) is 1.00. The van der Waals surface area contributed by atoms with Gasteiger partial charge in [0.25, 0.3) is 0 Å². The topological polar surface area (TPSA) is 26.0 Å². The largest absolute Gasteiger partial charge is 0.246 e. The molecular weight excluding hydrogens is 127 g/mol. The maximum absolute atomic E-state index is 11.4. The van der Waals surface area contributed by atoms with Crippen molar-refractivity contribution in [2.75, 3.05) is 5.75 Å². The zero-order valence-electron chi connectivity index (χ0n) is 3.87. The summed E-state index contributed by atoms with van der Waals surface area (Å²) in [5, 5.41) is 3.91. The van der Waals surface area contributed by atoms with E-state index in [0.29, 0.717) is 0 Å². The van der Waals surface area contributed by atoms with E-state index in [9.17, 15) is 11.7 Å². The van der Waals surface area contributed by atoms with Gasteiger partial charge in [0.15, 0.2) is 0 Å². The number of hydrogen-bond donors (Lipinski definition) is 2. The summed E-state index contributed by atoms with van der Waals surface area (Å²) in [7, 11) is -6.08. The van der Waals surface area contributed by atoms with Crippen LogP contribution < -0.4 is 5.14 Å². The Morgan fingerprint density at radius 3 is 1.57 bits per heavy atom. The predicted octanol–water partition coefficient (Wildman–Crippen LogP) is 1.61. The number of thiol groups is 1. The summed E-state index contributed by atoms with van der Waals surface area (Å²) < 4.78 is 34.1. The van der Waals surface area contributed by atoms with Crippen molar-refractivity contribution in [3.05, 3.63) is 0 Å². The smallest absolute Gasteiger partial charge is 0.0839 e. The van der Waals surface area contributed by atoms with E-state index in [1.54, 1.807) is 0 Å². The predicted molar refractivity (Wildman–Crippen MR) is 27.0 cm³/mol. The minimum atomic E-state index is -6.08. The van der Waals surface area contributed by atoms with E-state index >= 15 is 0 Å². The Bertz CT molecular complexity index is 65.5. The molecule has 0 aliphatic carbocycles. The average Bonchev–Trinajstić information content (AvgIpc) is 1.32. The lowest BCUT2D eigenvalue weighted by Crippen LogP contribution is -2.12. The van der Waals surface area contributed by atoms with Crippen LogP contribution in [-0.4, -0.2) is 5.75 Å². The number of halogens is 3. The number of hydrogen-bond acceptors (Lipinski definition) is 1. The summed E-state index contributed by atoms with van der Waals surface area (Å²) in [5.74, 6) is -0.856. The molecule has 0 atom stereocenters. The van der Waals surface area contributed by atoms with Gasteiger partial charge in [0.2, 0.25) is 0 Å². The number of rotatable bonds is 1. The van der Waals surface area contributed by atoms with Gasteiger partial charge in [-0.3, -0.25) is 0 Å². The highest BCUT2D eigenvalue weighted by Crippen LogP contribution is 2.66. The third-order valence-electron chi connectivity index (χ3n) is 0.541. The van der Waals surface area contributed by atoms with Crippen molar-refractivity contribution in [1.82, 2.24) is 0 Å². The molecule has 1 nitrogen and oxygen atoms in total. The highest BCUT2D eigenvalue weighted by atomic mass is 32.4. The van der Waals surface area contributed by atoms with Gasteiger partial charge in [0.05, 0.1) is 10.5 Å². The van der Waals surface area contributed by atoms with Crippen molar-refractivity contribution in [3.63, 3.8) is 0 Å². The maximum atomic E-state index is 11.4. The molecule has 0 heterocycles. The molecule has 0 aliphatic rings. The Balaban J connectivity index is 3.83.